The molecule has 0 amide bonds. The fraction of sp³-hybridized carbons (Fsp3) is 0.714. The van der Waals surface area contributed by atoms with Gasteiger partial charge in [0.15, 0.2) is 0 Å². The van der Waals surface area contributed by atoms with Crippen molar-refractivity contribution in [1.29, 1.82) is 0 Å². The molecule has 2 fully saturated rings. The lowest BCUT2D eigenvalue weighted by atomic mass is 9.44. The summed E-state index contributed by atoms with van der Waals surface area (Å²) in [7, 11) is 0. The molecule has 21 heavy (non-hydrogen) atoms. The molecule has 4 bridgehead atoms. The molecular formula is C21H28. The first-order valence-corrected chi connectivity index (χ1v) is 8.97. The molecule has 0 nitrogen and oxygen atoms in total. The largest absolute Gasteiger partial charge is 0.0590 e. The van der Waals surface area contributed by atoms with Gasteiger partial charge >= 0.3 is 0 Å². The number of hydrogen-bond acceptors (Lipinski definition) is 0. The highest BCUT2D eigenvalue weighted by Gasteiger charge is 2.56. The minimum Gasteiger partial charge on any atom is -0.0590 e. The fourth-order valence-electron chi connectivity index (χ4n) is 6.54. The van der Waals surface area contributed by atoms with Crippen LogP contribution in [0, 0.1) is 29.6 Å². The summed E-state index contributed by atoms with van der Waals surface area (Å²) in [5, 5.41) is 0. The maximum Gasteiger partial charge on any atom is -0.00994 e. The smallest absolute Gasteiger partial charge is 0.00994 e. The molecule has 0 N–H and O–H groups in total. The number of rotatable bonds is 0. The van der Waals surface area contributed by atoms with Crippen molar-refractivity contribution in [3.05, 3.63) is 33.9 Å². The molecule has 7 rings (SSSR count). The van der Waals surface area contributed by atoms with E-state index >= 15 is 0 Å². The second-order valence-corrected chi connectivity index (χ2v) is 9.67. The van der Waals surface area contributed by atoms with Crippen LogP contribution < -0.4 is 0 Å². The molecule has 0 aromatic heterocycles. The van der Waals surface area contributed by atoms with Gasteiger partial charge in [-0.2, -0.15) is 0 Å². The van der Waals surface area contributed by atoms with Gasteiger partial charge in [-0.05, 0) is 94.9 Å². The Morgan fingerprint density at radius 1 is 0.810 bits per heavy atom. The lowest BCUT2D eigenvalue weighted by Gasteiger charge is -2.61. The molecule has 0 heterocycles. The van der Waals surface area contributed by atoms with Crippen LogP contribution in [0.1, 0.15) is 80.2 Å². The van der Waals surface area contributed by atoms with E-state index in [-0.39, 0.29) is 0 Å². The van der Waals surface area contributed by atoms with Crippen molar-refractivity contribution in [2.75, 3.05) is 0 Å². The maximum atomic E-state index is 2.64. The summed E-state index contributed by atoms with van der Waals surface area (Å²) in [6.45, 7) is 12.5. The van der Waals surface area contributed by atoms with Gasteiger partial charge in [0, 0.05) is 0 Å². The van der Waals surface area contributed by atoms with Gasteiger partial charge in [-0.15, -0.1) is 0 Å². The minimum absolute atomic E-state index is 0.554. The normalized spacial score (nSPS) is 39.7. The van der Waals surface area contributed by atoms with Crippen molar-refractivity contribution in [2.24, 2.45) is 22.7 Å². The van der Waals surface area contributed by atoms with Gasteiger partial charge in [-0.3, -0.25) is 0 Å². The van der Waals surface area contributed by atoms with Gasteiger partial charge in [-0.1, -0.05) is 33.8 Å². The van der Waals surface area contributed by atoms with Crippen molar-refractivity contribution < 1.29 is 0 Å². The van der Waals surface area contributed by atoms with Crippen molar-refractivity contribution in [3.8, 4) is 0 Å². The first-order valence-electron chi connectivity index (χ1n) is 8.97. The molecule has 0 heteroatoms. The van der Waals surface area contributed by atoms with Crippen LogP contribution >= 0.6 is 0 Å². The first kappa shape index (κ1) is 12.7. The Bertz CT molecular complexity index is 607. The molecule has 1 aromatic carbocycles. The highest BCUT2D eigenvalue weighted by molar-refractivity contribution is 5.55. The predicted octanol–water partition coefficient (Wildman–Crippen LogP) is 5.37. The molecule has 112 valence electrons. The Hall–Kier alpha value is -0.780. The zero-order chi connectivity index (χ0) is 14.7. The molecule has 6 aliphatic carbocycles. The summed E-state index contributed by atoms with van der Waals surface area (Å²) in [5.41, 5.74) is 9.83. The van der Waals surface area contributed by atoms with E-state index in [1.54, 1.807) is 27.8 Å². The van der Waals surface area contributed by atoms with Gasteiger partial charge < -0.3 is 0 Å². The lowest BCUT2D eigenvalue weighted by molar-refractivity contribution is 0.0107. The average Bonchev–Trinajstić information content (AvgIpc) is 2.45. The fourth-order valence-corrected chi connectivity index (χ4v) is 6.54. The monoisotopic (exact) mass is 280 g/mol. The van der Waals surface area contributed by atoms with E-state index < -0.39 is 0 Å². The van der Waals surface area contributed by atoms with Gasteiger partial charge in [-0.25, -0.2) is 0 Å². The van der Waals surface area contributed by atoms with E-state index in [1.807, 2.05) is 0 Å². The molecule has 6 aliphatic rings. The van der Waals surface area contributed by atoms with E-state index in [0.29, 0.717) is 10.8 Å². The van der Waals surface area contributed by atoms with Crippen molar-refractivity contribution in [2.45, 2.75) is 72.1 Å². The third-order valence-electron chi connectivity index (χ3n) is 8.42. The lowest BCUT2D eigenvalue weighted by Crippen LogP contribution is -2.51. The molecule has 0 saturated heterocycles. The molecular weight excluding hydrogens is 252 g/mol. The first-order chi connectivity index (χ1) is 9.81. The topological polar surface area (TPSA) is 0 Å². The SMILES string of the molecule is Cc1c2c(cc3c1[C@@H]1C[C@H](C3)C1(C)C)C[C@H]1C[C@@H]2C1(C)C. The van der Waals surface area contributed by atoms with Crippen LogP contribution in [-0.2, 0) is 12.8 Å². The third kappa shape index (κ3) is 1.26. The maximum absolute atomic E-state index is 2.64. The average molecular weight is 280 g/mol. The summed E-state index contributed by atoms with van der Waals surface area (Å²) < 4.78 is 0. The van der Waals surface area contributed by atoms with Crippen LogP contribution in [-0.4, -0.2) is 0 Å². The summed E-state index contributed by atoms with van der Waals surface area (Å²) in [6, 6.07) is 2.64. The van der Waals surface area contributed by atoms with Crippen LogP contribution in [0.3, 0.4) is 0 Å². The molecule has 4 atom stereocenters. The Balaban J connectivity index is 1.72. The van der Waals surface area contributed by atoms with E-state index in [2.05, 4.69) is 40.7 Å². The standard InChI is InChI=1S/C21H28/c1-11-18-12(7-14-9-16(18)20(14,2)3)6-13-8-15-10-17(19(11)13)21(15,4)5/h6,14-17H,7-10H2,1-5H3/t14-,15-,16-,17-/m0/s1. The molecule has 0 spiro atoms. The van der Waals surface area contributed by atoms with E-state index in [9.17, 15) is 0 Å². The van der Waals surface area contributed by atoms with Crippen molar-refractivity contribution in [3.63, 3.8) is 0 Å². The van der Waals surface area contributed by atoms with Crippen LogP contribution in [0.5, 0.6) is 0 Å². The predicted molar refractivity (Wildman–Crippen MR) is 87.8 cm³/mol. The molecule has 1 aromatic rings. The summed E-state index contributed by atoms with van der Waals surface area (Å²) >= 11 is 0. The van der Waals surface area contributed by atoms with Crippen molar-refractivity contribution in [1.82, 2.24) is 0 Å². The Morgan fingerprint density at radius 3 is 1.62 bits per heavy atom. The highest BCUT2D eigenvalue weighted by atomic mass is 14.6. The molecule has 0 unspecified atom stereocenters. The summed E-state index contributed by atoms with van der Waals surface area (Å²) in [4.78, 5) is 0. The van der Waals surface area contributed by atoms with E-state index in [4.69, 9.17) is 0 Å². The summed E-state index contributed by atoms with van der Waals surface area (Å²) in [6.07, 6.45) is 5.62. The molecule has 0 radical (unpaired) electrons. The van der Waals surface area contributed by atoms with Crippen molar-refractivity contribution >= 4 is 0 Å². The van der Waals surface area contributed by atoms with Gasteiger partial charge in [0.2, 0.25) is 0 Å². The Kier molecular flexibility index (Phi) is 2.07. The molecule has 0 aliphatic heterocycles. The zero-order valence-corrected chi connectivity index (χ0v) is 14.2. The van der Waals surface area contributed by atoms with Crippen LogP contribution in [0.2, 0.25) is 0 Å². The number of benzene rings is 1. The quantitative estimate of drug-likeness (QED) is 0.599. The van der Waals surface area contributed by atoms with Crippen LogP contribution in [0.4, 0.5) is 0 Å². The number of hydrogen-bond donors (Lipinski definition) is 0. The minimum atomic E-state index is 0.554. The molecule has 2 saturated carbocycles. The summed E-state index contributed by atoms with van der Waals surface area (Å²) in [5.74, 6) is 3.58. The van der Waals surface area contributed by atoms with E-state index in [0.717, 1.165) is 23.7 Å². The van der Waals surface area contributed by atoms with Crippen LogP contribution in [0.25, 0.3) is 0 Å². The third-order valence-corrected chi connectivity index (χ3v) is 8.42. The highest BCUT2D eigenvalue weighted by Crippen LogP contribution is 2.67. The Morgan fingerprint density at radius 2 is 1.24 bits per heavy atom. The second kappa shape index (κ2) is 3.42. The van der Waals surface area contributed by atoms with Gasteiger partial charge in [0.1, 0.15) is 0 Å². The zero-order valence-electron chi connectivity index (χ0n) is 14.2. The van der Waals surface area contributed by atoms with Crippen LogP contribution in [0.15, 0.2) is 6.07 Å². The van der Waals surface area contributed by atoms with E-state index in [1.165, 1.54) is 25.7 Å². The Labute approximate surface area is 129 Å². The van der Waals surface area contributed by atoms with Gasteiger partial charge in [0.25, 0.3) is 0 Å². The second-order valence-electron chi connectivity index (χ2n) is 9.67. The van der Waals surface area contributed by atoms with Gasteiger partial charge in [0.05, 0.1) is 0 Å².